The Kier molecular flexibility index (Phi) is 6.49. The highest BCUT2D eigenvalue weighted by atomic mass is 16.5. The standard InChI is InChI=1S/C28H34N4O/c1-31-15-11-22(12-16-31)21-5-7-25(8-6-21)32(2)26-9-10-27-23(13-17-33-28(27)18-26)19-30-24-4-3-14-29-20-24/h3-10,14,18,20,22-23,30H,11-13,15-17,19H2,1-2H3/t23-/m0/s1. The minimum atomic E-state index is 0.433. The van der Waals surface area contributed by atoms with Gasteiger partial charge in [-0.15, -0.1) is 0 Å². The molecular weight excluding hydrogens is 408 g/mol. The van der Waals surface area contributed by atoms with Crippen LogP contribution in [0.2, 0.25) is 0 Å². The van der Waals surface area contributed by atoms with Crippen molar-refractivity contribution in [2.75, 3.05) is 50.6 Å². The molecule has 3 aromatic rings. The first-order chi connectivity index (χ1) is 16.2. The van der Waals surface area contributed by atoms with Gasteiger partial charge in [-0.05, 0) is 86.8 Å². The number of aromatic nitrogens is 1. The summed E-state index contributed by atoms with van der Waals surface area (Å²) < 4.78 is 6.07. The van der Waals surface area contributed by atoms with Crippen LogP contribution in [0.1, 0.15) is 42.2 Å². The molecule has 2 aliphatic rings. The Balaban J connectivity index is 1.27. The van der Waals surface area contributed by atoms with Crippen molar-refractivity contribution in [2.24, 2.45) is 0 Å². The first-order valence-electron chi connectivity index (χ1n) is 12.1. The van der Waals surface area contributed by atoms with E-state index in [-0.39, 0.29) is 0 Å². The van der Waals surface area contributed by atoms with Crippen LogP contribution in [0.25, 0.3) is 0 Å². The van der Waals surface area contributed by atoms with Crippen molar-refractivity contribution in [3.63, 3.8) is 0 Å². The van der Waals surface area contributed by atoms with Crippen molar-refractivity contribution < 1.29 is 4.74 Å². The van der Waals surface area contributed by atoms with Gasteiger partial charge in [0.05, 0.1) is 12.3 Å². The largest absolute Gasteiger partial charge is 0.493 e. The zero-order valence-corrected chi connectivity index (χ0v) is 19.7. The summed E-state index contributed by atoms with van der Waals surface area (Å²) in [6.45, 7) is 4.03. The molecule has 1 fully saturated rings. The molecule has 3 heterocycles. The Hall–Kier alpha value is -3.05. The van der Waals surface area contributed by atoms with Crippen LogP contribution in [-0.4, -0.2) is 50.2 Å². The molecule has 0 unspecified atom stereocenters. The van der Waals surface area contributed by atoms with E-state index in [9.17, 15) is 0 Å². The van der Waals surface area contributed by atoms with Crippen LogP contribution in [0.3, 0.4) is 0 Å². The molecule has 172 valence electrons. The molecule has 0 spiro atoms. The molecule has 0 amide bonds. The average Bonchev–Trinajstić information content (AvgIpc) is 2.88. The fourth-order valence-corrected chi connectivity index (χ4v) is 5.04. The van der Waals surface area contributed by atoms with Gasteiger partial charge in [-0.1, -0.05) is 18.2 Å². The van der Waals surface area contributed by atoms with Crippen LogP contribution in [0.4, 0.5) is 17.1 Å². The van der Waals surface area contributed by atoms with Gasteiger partial charge in [-0.25, -0.2) is 0 Å². The van der Waals surface area contributed by atoms with E-state index in [4.69, 9.17) is 4.74 Å². The fraction of sp³-hybridized carbons (Fsp3) is 0.393. The Morgan fingerprint density at radius 3 is 2.58 bits per heavy atom. The number of likely N-dealkylation sites (tertiary alicyclic amines) is 1. The minimum absolute atomic E-state index is 0.433. The summed E-state index contributed by atoms with van der Waals surface area (Å²) in [5.41, 5.74) is 6.18. The zero-order valence-electron chi connectivity index (χ0n) is 19.7. The number of fused-ring (bicyclic) bond motifs is 1. The molecule has 1 N–H and O–H groups in total. The van der Waals surface area contributed by atoms with Gasteiger partial charge in [0.2, 0.25) is 0 Å². The van der Waals surface area contributed by atoms with Crippen LogP contribution < -0.4 is 15.0 Å². The molecule has 0 aliphatic carbocycles. The maximum absolute atomic E-state index is 6.07. The highest BCUT2D eigenvalue weighted by molar-refractivity contribution is 5.65. The van der Waals surface area contributed by atoms with E-state index in [0.29, 0.717) is 11.8 Å². The van der Waals surface area contributed by atoms with E-state index in [2.05, 4.69) is 82.7 Å². The van der Waals surface area contributed by atoms with Gasteiger partial charge in [0.25, 0.3) is 0 Å². The number of nitrogens with one attached hydrogen (secondary N) is 1. The third-order valence-electron chi connectivity index (χ3n) is 7.23. The Bertz CT molecular complexity index is 1050. The van der Waals surface area contributed by atoms with Crippen LogP contribution in [0.5, 0.6) is 5.75 Å². The Morgan fingerprint density at radius 1 is 1.03 bits per heavy atom. The number of hydrogen-bond acceptors (Lipinski definition) is 5. The summed E-state index contributed by atoms with van der Waals surface area (Å²) in [6, 6.07) is 19.8. The number of nitrogens with zero attached hydrogens (tertiary/aromatic N) is 3. The van der Waals surface area contributed by atoms with E-state index in [0.717, 1.165) is 36.7 Å². The normalized spacial score (nSPS) is 18.9. The molecule has 1 aromatic heterocycles. The van der Waals surface area contributed by atoms with Crippen molar-refractivity contribution in [2.45, 2.75) is 31.1 Å². The second-order valence-corrected chi connectivity index (χ2v) is 9.41. The predicted molar refractivity (Wildman–Crippen MR) is 136 cm³/mol. The summed E-state index contributed by atoms with van der Waals surface area (Å²) in [5, 5.41) is 3.52. The summed E-state index contributed by atoms with van der Waals surface area (Å²) in [7, 11) is 4.35. The number of rotatable bonds is 6. The number of benzene rings is 2. The highest BCUT2D eigenvalue weighted by Crippen LogP contribution is 2.38. The monoisotopic (exact) mass is 442 g/mol. The lowest BCUT2D eigenvalue weighted by atomic mass is 9.89. The number of hydrogen-bond donors (Lipinski definition) is 1. The number of piperidine rings is 1. The van der Waals surface area contributed by atoms with Crippen molar-refractivity contribution in [1.29, 1.82) is 0 Å². The van der Waals surface area contributed by atoms with E-state index in [1.54, 1.807) is 6.20 Å². The van der Waals surface area contributed by atoms with Gasteiger partial charge in [-0.2, -0.15) is 0 Å². The summed E-state index contributed by atoms with van der Waals surface area (Å²) in [5.74, 6) is 2.13. The lowest BCUT2D eigenvalue weighted by Gasteiger charge is -2.30. The van der Waals surface area contributed by atoms with E-state index < -0.39 is 0 Å². The first-order valence-corrected chi connectivity index (χ1v) is 12.1. The van der Waals surface area contributed by atoms with Crippen molar-refractivity contribution in [3.8, 4) is 5.75 Å². The Labute approximate surface area is 197 Å². The lowest BCUT2D eigenvalue weighted by Crippen LogP contribution is -2.29. The highest BCUT2D eigenvalue weighted by Gasteiger charge is 2.23. The van der Waals surface area contributed by atoms with Crippen LogP contribution in [0, 0.1) is 0 Å². The zero-order chi connectivity index (χ0) is 22.6. The van der Waals surface area contributed by atoms with Gasteiger partial charge < -0.3 is 19.9 Å². The molecule has 2 aliphatic heterocycles. The topological polar surface area (TPSA) is 40.6 Å². The van der Waals surface area contributed by atoms with E-state index in [1.165, 1.54) is 42.7 Å². The maximum atomic E-state index is 6.07. The van der Waals surface area contributed by atoms with E-state index in [1.807, 2.05) is 12.3 Å². The van der Waals surface area contributed by atoms with Crippen molar-refractivity contribution >= 4 is 17.1 Å². The fourth-order valence-electron chi connectivity index (χ4n) is 5.04. The maximum Gasteiger partial charge on any atom is 0.124 e. The third-order valence-corrected chi connectivity index (χ3v) is 7.23. The molecular formula is C28H34N4O. The molecule has 1 saturated heterocycles. The molecule has 0 radical (unpaired) electrons. The molecule has 0 saturated carbocycles. The summed E-state index contributed by atoms with van der Waals surface area (Å²) in [6.07, 6.45) is 7.20. The molecule has 5 heteroatoms. The SMILES string of the molecule is CN1CCC(c2ccc(N(C)c3ccc4c(c3)OCC[C@H]4CNc3cccnc3)cc2)CC1. The van der Waals surface area contributed by atoms with Crippen LogP contribution >= 0.6 is 0 Å². The van der Waals surface area contributed by atoms with Gasteiger partial charge in [0.1, 0.15) is 5.75 Å². The molecule has 5 rings (SSSR count). The number of ether oxygens (including phenoxy) is 1. The van der Waals surface area contributed by atoms with Crippen molar-refractivity contribution in [3.05, 3.63) is 78.1 Å². The minimum Gasteiger partial charge on any atom is -0.493 e. The number of pyridine rings is 1. The second-order valence-electron chi connectivity index (χ2n) is 9.41. The predicted octanol–water partition coefficient (Wildman–Crippen LogP) is 5.64. The van der Waals surface area contributed by atoms with Crippen LogP contribution in [-0.2, 0) is 0 Å². The van der Waals surface area contributed by atoms with Crippen molar-refractivity contribution in [1.82, 2.24) is 9.88 Å². The number of anilines is 3. The van der Waals surface area contributed by atoms with Gasteiger partial charge in [0, 0.05) is 49.3 Å². The smallest absolute Gasteiger partial charge is 0.124 e. The third kappa shape index (κ3) is 4.98. The Morgan fingerprint density at radius 2 is 1.82 bits per heavy atom. The molecule has 2 aromatic carbocycles. The van der Waals surface area contributed by atoms with Gasteiger partial charge >= 0.3 is 0 Å². The van der Waals surface area contributed by atoms with E-state index >= 15 is 0 Å². The lowest BCUT2D eigenvalue weighted by molar-refractivity contribution is 0.255. The molecule has 1 atom stereocenters. The molecule has 5 nitrogen and oxygen atoms in total. The second kappa shape index (κ2) is 9.84. The average molecular weight is 443 g/mol. The molecule has 0 bridgehead atoms. The summed E-state index contributed by atoms with van der Waals surface area (Å²) in [4.78, 5) is 8.87. The van der Waals surface area contributed by atoms with Gasteiger partial charge in [0.15, 0.2) is 0 Å². The first kappa shape index (κ1) is 21.8. The van der Waals surface area contributed by atoms with Gasteiger partial charge in [-0.3, -0.25) is 4.98 Å². The quantitative estimate of drug-likeness (QED) is 0.535. The summed E-state index contributed by atoms with van der Waals surface area (Å²) >= 11 is 0. The van der Waals surface area contributed by atoms with Crippen LogP contribution in [0.15, 0.2) is 67.0 Å². The molecule has 33 heavy (non-hydrogen) atoms.